The number of carbonyl (C=O) groups excluding carboxylic acids is 1. The Morgan fingerprint density at radius 1 is 1.00 bits per heavy atom. The zero-order chi connectivity index (χ0) is 23.8. The van der Waals surface area contributed by atoms with Crippen LogP contribution in [0.15, 0.2) is 66.9 Å². The van der Waals surface area contributed by atoms with Gasteiger partial charge in [-0.2, -0.15) is 0 Å². The highest BCUT2D eigenvalue weighted by atomic mass is 16.3. The van der Waals surface area contributed by atoms with Gasteiger partial charge in [0, 0.05) is 24.3 Å². The molecule has 0 bridgehead atoms. The summed E-state index contributed by atoms with van der Waals surface area (Å²) in [7, 11) is 0. The van der Waals surface area contributed by atoms with Crippen LogP contribution in [0.4, 0.5) is 0 Å². The maximum Gasteiger partial charge on any atom is 0.224 e. The monoisotopic (exact) mass is 449 g/mol. The molecule has 0 fully saturated rings. The highest BCUT2D eigenvalue weighted by Gasteiger charge is 2.20. The molecule has 0 aliphatic heterocycles. The molecule has 0 saturated carbocycles. The number of aliphatic hydroxyl groups is 1. The third kappa shape index (κ3) is 7.89. The van der Waals surface area contributed by atoms with Gasteiger partial charge in [-0.05, 0) is 61.2 Å². The van der Waals surface area contributed by atoms with Gasteiger partial charge in [-0.25, -0.2) is 0 Å². The Hall–Kier alpha value is -3.42. The molecule has 7 nitrogen and oxygen atoms in total. The molecule has 174 valence electrons. The van der Waals surface area contributed by atoms with Gasteiger partial charge in [0.15, 0.2) is 0 Å². The molecule has 33 heavy (non-hydrogen) atoms. The van der Waals surface area contributed by atoms with E-state index in [-0.39, 0.29) is 35.9 Å². The van der Waals surface area contributed by atoms with Crippen molar-refractivity contribution in [3.05, 3.63) is 89.2 Å². The highest BCUT2D eigenvalue weighted by molar-refractivity contribution is 5.78. The normalized spacial score (nSPS) is 12.3. The molecule has 7 heteroatoms. The fourth-order valence-electron chi connectivity index (χ4n) is 3.66. The summed E-state index contributed by atoms with van der Waals surface area (Å²) in [4.78, 5) is 16.5. The van der Waals surface area contributed by atoms with Crippen LogP contribution in [-0.2, 0) is 24.2 Å². The number of nitrogens with zero attached hydrogens (tertiary/aromatic N) is 1. The SMILES string of the molecule is CC(C)(Cc1cccc(CC(=O)NCc2ccccn2)c1)NCC(O)c1cc(O)cc(O)c1. The van der Waals surface area contributed by atoms with Crippen LogP contribution in [0, 0.1) is 0 Å². The first-order chi connectivity index (χ1) is 15.7. The average molecular weight is 450 g/mol. The van der Waals surface area contributed by atoms with Gasteiger partial charge in [-0.1, -0.05) is 30.3 Å². The zero-order valence-corrected chi connectivity index (χ0v) is 19.0. The van der Waals surface area contributed by atoms with Crippen molar-refractivity contribution in [1.82, 2.24) is 15.6 Å². The molecule has 0 aliphatic rings. The van der Waals surface area contributed by atoms with Crippen molar-refractivity contribution in [2.45, 2.75) is 44.9 Å². The van der Waals surface area contributed by atoms with E-state index in [1.807, 2.05) is 56.3 Å². The second kappa shape index (κ2) is 10.9. The molecule has 0 aliphatic carbocycles. The fourth-order valence-corrected chi connectivity index (χ4v) is 3.66. The molecule has 0 saturated heterocycles. The van der Waals surface area contributed by atoms with Gasteiger partial charge in [-0.3, -0.25) is 9.78 Å². The molecule has 0 radical (unpaired) electrons. The zero-order valence-electron chi connectivity index (χ0n) is 19.0. The Balaban J connectivity index is 1.53. The van der Waals surface area contributed by atoms with Gasteiger partial charge in [0.1, 0.15) is 11.5 Å². The van der Waals surface area contributed by atoms with E-state index >= 15 is 0 Å². The molecule has 1 aromatic heterocycles. The van der Waals surface area contributed by atoms with E-state index in [2.05, 4.69) is 15.6 Å². The van der Waals surface area contributed by atoms with Crippen molar-refractivity contribution < 1.29 is 20.1 Å². The van der Waals surface area contributed by atoms with Gasteiger partial charge < -0.3 is 26.0 Å². The first-order valence-corrected chi connectivity index (χ1v) is 10.9. The van der Waals surface area contributed by atoms with Gasteiger partial charge in [0.05, 0.1) is 24.8 Å². The summed E-state index contributed by atoms with van der Waals surface area (Å²) in [6, 6.07) is 17.6. The number of aromatic nitrogens is 1. The third-order valence-electron chi connectivity index (χ3n) is 5.28. The van der Waals surface area contributed by atoms with Crippen molar-refractivity contribution in [2.24, 2.45) is 0 Å². The number of aromatic hydroxyl groups is 2. The number of aliphatic hydroxyl groups excluding tert-OH is 1. The van der Waals surface area contributed by atoms with Crippen molar-refractivity contribution in [3.63, 3.8) is 0 Å². The summed E-state index contributed by atoms with van der Waals surface area (Å²) in [6.45, 7) is 4.72. The molecule has 3 rings (SSSR count). The lowest BCUT2D eigenvalue weighted by atomic mass is 9.93. The molecule has 2 aromatic carbocycles. The number of hydrogen-bond acceptors (Lipinski definition) is 6. The molecular formula is C26H31N3O4. The first-order valence-electron chi connectivity index (χ1n) is 10.9. The van der Waals surface area contributed by atoms with Crippen LogP contribution in [0.1, 0.15) is 42.3 Å². The van der Waals surface area contributed by atoms with Crippen LogP contribution in [0.2, 0.25) is 0 Å². The quantitative estimate of drug-likeness (QED) is 0.325. The number of phenols is 2. The Morgan fingerprint density at radius 2 is 1.73 bits per heavy atom. The topological polar surface area (TPSA) is 115 Å². The summed E-state index contributed by atoms with van der Waals surface area (Å²) in [6.07, 6.45) is 1.80. The number of hydrogen-bond donors (Lipinski definition) is 5. The molecule has 1 atom stereocenters. The number of phenolic OH excluding ortho intramolecular Hbond substituents is 2. The largest absolute Gasteiger partial charge is 0.508 e. The van der Waals surface area contributed by atoms with Gasteiger partial charge >= 0.3 is 0 Å². The van der Waals surface area contributed by atoms with Crippen molar-refractivity contribution >= 4 is 5.91 Å². The maximum absolute atomic E-state index is 12.3. The van der Waals surface area contributed by atoms with E-state index < -0.39 is 6.10 Å². The van der Waals surface area contributed by atoms with Crippen LogP contribution in [0.3, 0.4) is 0 Å². The minimum atomic E-state index is -0.878. The van der Waals surface area contributed by atoms with Crippen LogP contribution >= 0.6 is 0 Å². The molecule has 1 unspecified atom stereocenters. The smallest absolute Gasteiger partial charge is 0.224 e. The Labute approximate surface area is 194 Å². The average Bonchev–Trinajstić information content (AvgIpc) is 2.76. The maximum atomic E-state index is 12.3. The summed E-state index contributed by atoms with van der Waals surface area (Å²) in [5, 5.41) is 35.9. The van der Waals surface area contributed by atoms with Gasteiger partial charge in [-0.15, -0.1) is 0 Å². The molecule has 1 amide bonds. The standard InChI is InChI=1S/C26H31N3O4/c1-26(2,29-17-24(32)20-12-22(30)14-23(31)13-20)15-19-7-5-6-18(10-19)11-25(33)28-16-21-8-3-4-9-27-21/h3-10,12-14,24,29-32H,11,15-17H2,1-2H3,(H,28,33). The summed E-state index contributed by atoms with van der Waals surface area (Å²) in [5.41, 5.74) is 2.92. The molecule has 0 spiro atoms. The summed E-state index contributed by atoms with van der Waals surface area (Å²) >= 11 is 0. The van der Waals surface area contributed by atoms with Crippen molar-refractivity contribution in [3.8, 4) is 11.5 Å². The predicted octanol–water partition coefficient (Wildman–Crippen LogP) is 3.00. The Kier molecular flexibility index (Phi) is 8.03. The number of pyridine rings is 1. The van der Waals surface area contributed by atoms with E-state index in [4.69, 9.17) is 0 Å². The number of β-amino-alcohol motifs (C(OH)–C–C–N with tert-alkyl or cyclic N) is 1. The number of rotatable bonds is 10. The fraction of sp³-hybridized carbons (Fsp3) is 0.308. The van der Waals surface area contributed by atoms with Crippen LogP contribution < -0.4 is 10.6 Å². The van der Waals surface area contributed by atoms with E-state index in [1.54, 1.807) is 6.20 Å². The second-order valence-corrected chi connectivity index (χ2v) is 8.83. The molecule has 1 heterocycles. The summed E-state index contributed by atoms with van der Waals surface area (Å²) in [5.74, 6) is -0.249. The summed E-state index contributed by atoms with van der Waals surface area (Å²) < 4.78 is 0. The third-order valence-corrected chi connectivity index (χ3v) is 5.28. The minimum Gasteiger partial charge on any atom is -0.508 e. The van der Waals surface area contributed by atoms with E-state index in [0.717, 1.165) is 16.8 Å². The van der Waals surface area contributed by atoms with E-state index in [9.17, 15) is 20.1 Å². The number of carbonyl (C=O) groups is 1. The molecular weight excluding hydrogens is 418 g/mol. The second-order valence-electron chi connectivity index (χ2n) is 8.83. The van der Waals surface area contributed by atoms with Crippen molar-refractivity contribution in [2.75, 3.05) is 6.54 Å². The van der Waals surface area contributed by atoms with Crippen molar-refractivity contribution in [1.29, 1.82) is 0 Å². The van der Waals surface area contributed by atoms with Gasteiger partial charge in [0.25, 0.3) is 0 Å². The lowest BCUT2D eigenvalue weighted by Crippen LogP contribution is -2.43. The van der Waals surface area contributed by atoms with Crippen LogP contribution in [-0.4, -0.2) is 38.3 Å². The highest BCUT2D eigenvalue weighted by Crippen LogP contribution is 2.25. The molecule has 5 N–H and O–H groups in total. The minimum absolute atomic E-state index is 0.0623. The number of benzene rings is 2. The lowest BCUT2D eigenvalue weighted by molar-refractivity contribution is -0.120. The predicted molar refractivity (Wildman–Crippen MR) is 127 cm³/mol. The number of amides is 1. The van der Waals surface area contributed by atoms with E-state index in [1.165, 1.54) is 18.2 Å². The van der Waals surface area contributed by atoms with E-state index in [0.29, 0.717) is 18.5 Å². The Morgan fingerprint density at radius 3 is 2.42 bits per heavy atom. The Bertz CT molecular complexity index is 1050. The lowest BCUT2D eigenvalue weighted by Gasteiger charge is -2.28. The first kappa shape index (κ1) is 24.2. The van der Waals surface area contributed by atoms with Crippen LogP contribution in [0.25, 0.3) is 0 Å². The number of nitrogens with one attached hydrogen (secondary N) is 2. The van der Waals surface area contributed by atoms with Gasteiger partial charge in [0.2, 0.25) is 5.91 Å². The van der Waals surface area contributed by atoms with Crippen LogP contribution in [0.5, 0.6) is 11.5 Å². The molecule has 3 aromatic rings.